The third-order valence-electron chi connectivity index (χ3n) is 2.46. The van der Waals surface area contributed by atoms with Crippen molar-refractivity contribution in [3.05, 3.63) is 23.9 Å². The number of carbonyl (C=O) groups is 1. The molecule has 0 aromatic carbocycles. The van der Waals surface area contributed by atoms with Crippen molar-refractivity contribution in [2.75, 3.05) is 24.5 Å². The lowest BCUT2D eigenvalue weighted by molar-refractivity contribution is -0.119. The van der Waals surface area contributed by atoms with E-state index in [-0.39, 0.29) is 5.91 Å². The maximum Gasteiger partial charge on any atom is 0.239 e. The van der Waals surface area contributed by atoms with Gasteiger partial charge < -0.3 is 10.2 Å². The van der Waals surface area contributed by atoms with E-state index in [4.69, 9.17) is 5.26 Å². The number of aromatic nitrogens is 1. The van der Waals surface area contributed by atoms with E-state index in [0.717, 1.165) is 13.0 Å². The van der Waals surface area contributed by atoms with Crippen LogP contribution >= 0.6 is 0 Å². The Bertz CT molecular complexity index is 438. The Labute approximate surface area is 93.7 Å². The molecule has 1 aromatic rings. The average Bonchev–Trinajstić information content (AvgIpc) is 2.54. The minimum absolute atomic E-state index is 0.00154. The summed E-state index contributed by atoms with van der Waals surface area (Å²) in [6.07, 6.45) is 2.49. The van der Waals surface area contributed by atoms with E-state index >= 15 is 0 Å². The van der Waals surface area contributed by atoms with Crippen LogP contribution < -0.4 is 10.2 Å². The highest BCUT2D eigenvalue weighted by Gasteiger charge is 2.15. The van der Waals surface area contributed by atoms with Gasteiger partial charge >= 0.3 is 0 Å². The summed E-state index contributed by atoms with van der Waals surface area (Å²) in [5.74, 6) is 0.692. The molecule has 0 atom stereocenters. The smallest absolute Gasteiger partial charge is 0.239 e. The maximum atomic E-state index is 11.4. The largest absolute Gasteiger partial charge is 0.354 e. The summed E-state index contributed by atoms with van der Waals surface area (Å²) < 4.78 is 0. The van der Waals surface area contributed by atoms with Crippen molar-refractivity contribution < 1.29 is 4.79 Å². The zero-order valence-corrected chi connectivity index (χ0v) is 8.81. The monoisotopic (exact) mass is 216 g/mol. The zero-order chi connectivity index (χ0) is 11.4. The molecule has 1 aliphatic heterocycles. The summed E-state index contributed by atoms with van der Waals surface area (Å²) in [5, 5.41) is 11.6. The lowest BCUT2D eigenvalue weighted by Gasteiger charge is -2.19. The Balaban J connectivity index is 2.21. The molecule has 2 heterocycles. The van der Waals surface area contributed by atoms with Crippen molar-refractivity contribution in [1.29, 1.82) is 5.26 Å². The Kier molecular flexibility index (Phi) is 3.01. The first-order valence-electron chi connectivity index (χ1n) is 5.17. The number of carbonyl (C=O) groups excluding carboxylic acids is 1. The molecule has 1 N–H and O–H groups in total. The second-order valence-corrected chi connectivity index (χ2v) is 3.64. The zero-order valence-electron chi connectivity index (χ0n) is 8.81. The molecule has 1 amide bonds. The number of anilines is 1. The van der Waals surface area contributed by atoms with E-state index in [9.17, 15) is 4.79 Å². The summed E-state index contributed by atoms with van der Waals surface area (Å²) in [7, 11) is 0. The van der Waals surface area contributed by atoms with Crippen molar-refractivity contribution in [3.63, 3.8) is 0 Å². The van der Waals surface area contributed by atoms with Gasteiger partial charge in [0.05, 0.1) is 18.2 Å². The second-order valence-electron chi connectivity index (χ2n) is 3.64. The molecular weight excluding hydrogens is 204 g/mol. The second kappa shape index (κ2) is 4.62. The first kappa shape index (κ1) is 10.4. The molecule has 16 heavy (non-hydrogen) atoms. The lowest BCUT2D eigenvalue weighted by Crippen LogP contribution is -2.33. The van der Waals surface area contributed by atoms with Crippen molar-refractivity contribution in [2.24, 2.45) is 0 Å². The van der Waals surface area contributed by atoms with Gasteiger partial charge in [-0.1, -0.05) is 0 Å². The SMILES string of the molecule is N#Cc1ccnc(N2CCCNC(=O)C2)c1. The molecule has 1 aliphatic rings. The van der Waals surface area contributed by atoms with E-state index < -0.39 is 0 Å². The standard InChI is InChI=1S/C11H12N4O/c12-7-9-2-4-13-10(6-9)15-5-1-3-14-11(16)8-15/h2,4,6H,1,3,5,8H2,(H,14,16). The summed E-state index contributed by atoms with van der Waals surface area (Å²) in [4.78, 5) is 17.4. The number of hydrogen-bond acceptors (Lipinski definition) is 4. The predicted molar refractivity (Wildman–Crippen MR) is 58.8 cm³/mol. The van der Waals surface area contributed by atoms with Crippen LogP contribution in [0.15, 0.2) is 18.3 Å². The van der Waals surface area contributed by atoms with Crippen LogP contribution in [0.2, 0.25) is 0 Å². The molecule has 1 fully saturated rings. The molecule has 0 bridgehead atoms. The molecule has 0 radical (unpaired) electrons. The Hall–Kier alpha value is -2.09. The van der Waals surface area contributed by atoms with Gasteiger partial charge in [0.1, 0.15) is 5.82 Å². The van der Waals surface area contributed by atoms with Crippen LogP contribution in [0.4, 0.5) is 5.82 Å². The molecule has 1 aromatic heterocycles. The van der Waals surface area contributed by atoms with Gasteiger partial charge in [0.2, 0.25) is 5.91 Å². The van der Waals surface area contributed by atoms with E-state index in [2.05, 4.69) is 16.4 Å². The van der Waals surface area contributed by atoms with Crippen LogP contribution in [-0.2, 0) is 4.79 Å². The molecule has 1 saturated heterocycles. The lowest BCUT2D eigenvalue weighted by atomic mass is 10.2. The first-order chi connectivity index (χ1) is 7.79. The normalized spacial score (nSPS) is 16.2. The van der Waals surface area contributed by atoms with Crippen LogP contribution in [0.3, 0.4) is 0 Å². The van der Waals surface area contributed by atoms with E-state index in [1.165, 1.54) is 0 Å². The minimum Gasteiger partial charge on any atom is -0.354 e. The molecule has 2 rings (SSSR count). The van der Waals surface area contributed by atoms with Gasteiger partial charge in [0.15, 0.2) is 0 Å². The summed E-state index contributed by atoms with van der Waals surface area (Å²) in [6.45, 7) is 1.79. The quantitative estimate of drug-likeness (QED) is 0.732. The number of nitrogens with one attached hydrogen (secondary N) is 1. The Morgan fingerprint density at radius 3 is 3.25 bits per heavy atom. The molecule has 5 heteroatoms. The summed E-state index contributed by atoms with van der Waals surface area (Å²) in [5.41, 5.74) is 0.564. The van der Waals surface area contributed by atoms with E-state index in [1.54, 1.807) is 18.3 Å². The molecule has 0 saturated carbocycles. The highest BCUT2D eigenvalue weighted by molar-refractivity contribution is 5.81. The van der Waals surface area contributed by atoms with Crippen molar-refractivity contribution in [3.8, 4) is 6.07 Å². The van der Waals surface area contributed by atoms with E-state index in [1.807, 2.05) is 4.90 Å². The summed E-state index contributed by atoms with van der Waals surface area (Å²) in [6, 6.07) is 5.43. The fraction of sp³-hybridized carbons (Fsp3) is 0.364. The number of hydrogen-bond donors (Lipinski definition) is 1. The third kappa shape index (κ3) is 2.28. The average molecular weight is 216 g/mol. The van der Waals surface area contributed by atoms with Gasteiger partial charge in [-0.2, -0.15) is 5.26 Å². The molecule has 82 valence electrons. The molecule has 0 spiro atoms. The number of rotatable bonds is 1. The molecular formula is C11H12N4O. The topological polar surface area (TPSA) is 69.0 Å². The van der Waals surface area contributed by atoms with Crippen LogP contribution in [-0.4, -0.2) is 30.5 Å². The van der Waals surface area contributed by atoms with Gasteiger partial charge in [0.25, 0.3) is 0 Å². The predicted octanol–water partition coefficient (Wildman–Crippen LogP) is 0.280. The maximum absolute atomic E-state index is 11.4. The van der Waals surface area contributed by atoms with Gasteiger partial charge in [-0.25, -0.2) is 4.98 Å². The first-order valence-corrected chi connectivity index (χ1v) is 5.17. The number of nitrogens with zero attached hydrogens (tertiary/aromatic N) is 3. The van der Waals surface area contributed by atoms with Crippen molar-refractivity contribution >= 4 is 11.7 Å². The number of pyridine rings is 1. The third-order valence-corrected chi connectivity index (χ3v) is 2.46. The fourth-order valence-corrected chi connectivity index (χ4v) is 1.66. The van der Waals surface area contributed by atoms with Gasteiger partial charge in [-0.15, -0.1) is 0 Å². The van der Waals surface area contributed by atoms with Gasteiger partial charge in [-0.05, 0) is 18.6 Å². The van der Waals surface area contributed by atoms with E-state index in [0.29, 0.717) is 24.5 Å². The highest BCUT2D eigenvalue weighted by Crippen LogP contribution is 2.13. The van der Waals surface area contributed by atoms with Crippen LogP contribution in [0, 0.1) is 11.3 Å². The fourth-order valence-electron chi connectivity index (χ4n) is 1.66. The Morgan fingerprint density at radius 2 is 2.44 bits per heavy atom. The van der Waals surface area contributed by atoms with Crippen LogP contribution in [0.5, 0.6) is 0 Å². The van der Waals surface area contributed by atoms with Crippen LogP contribution in [0.25, 0.3) is 0 Å². The van der Waals surface area contributed by atoms with Crippen LogP contribution in [0.1, 0.15) is 12.0 Å². The minimum atomic E-state index is 0.00154. The molecule has 0 unspecified atom stereocenters. The van der Waals surface area contributed by atoms with Gasteiger partial charge in [0, 0.05) is 19.3 Å². The molecule has 0 aliphatic carbocycles. The highest BCUT2D eigenvalue weighted by atomic mass is 16.2. The summed E-state index contributed by atoms with van der Waals surface area (Å²) >= 11 is 0. The number of nitriles is 1. The Morgan fingerprint density at radius 1 is 1.56 bits per heavy atom. The van der Waals surface area contributed by atoms with Crippen molar-refractivity contribution in [2.45, 2.75) is 6.42 Å². The number of amides is 1. The van der Waals surface area contributed by atoms with Gasteiger partial charge in [-0.3, -0.25) is 4.79 Å². The van der Waals surface area contributed by atoms with Crippen molar-refractivity contribution in [1.82, 2.24) is 10.3 Å². The molecule has 5 nitrogen and oxygen atoms in total.